The van der Waals surface area contributed by atoms with Crippen LogP contribution in [0.15, 0.2) is 0 Å². The molecule has 2 rings (SSSR count). The molecule has 1 fully saturated rings. The van der Waals surface area contributed by atoms with Crippen molar-refractivity contribution in [2.45, 2.75) is 19.1 Å². The lowest BCUT2D eigenvalue weighted by atomic mass is 10.2. The first-order valence-electron chi connectivity index (χ1n) is 4.79. The highest BCUT2D eigenvalue weighted by molar-refractivity contribution is 7.92. The van der Waals surface area contributed by atoms with E-state index in [1.165, 1.54) is 11.5 Å². The van der Waals surface area contributed by atoms with Crippen molar-refractivity contribution < 1.29 is 8.42 Å². The van der Waals surface area contributed by atoms with E-state index in [0.717, 1.165) is 11.0 Å². The number of hydrogen-bond donors (Lipinski definition) is 0. The van der Waals surface area contributed by atoms with Crippen LogP contribution >= 0.6 is 11.5 Å². The van der Waals surface area contributed by atoms with E-state index in [9.17, 15) is 8.42 Å². The predicted octanol–water partition coefficient (Wildman–Crippen LogP) is 0.470. The monoisotopic (exact) mass is 247 g/mol. The topological polar surface area (TPSA) is 63.2 Å². The van der Waals surface area contributed by atoms with Gasteiger partial charge in [0.1, 0.15) is 5.82 Å². The maximum absolute atomic E-state index is 11.5. The summed E-state index contributed by atoms with van der Waals surface area (Å²) < 4.78 is 27.1. The van der Waals surface area contributed by atoms with Crippen molar-refractivity contribution in [1.82, 2.24) is 9.36 Å². The molecule has 0 N–H and O–H groups in total. The third kappa shape index (κ3) is 1.98. The maximum atomic E-state index is 11.5. The molecule has 0 amide bonds. The Morgan fingerprint density at radius 2 is 2.20 bits per heavy atom. The Labute approximate surface area is 93.2 Å². The number of aryl methyl sites for hydroxylation is 1. The Balaban J connectivity index is 2.00. The Morgan fingerprint density at radius 3 is 2.67 bits per heavy atom. The van der Waals surface area contributed by atoms with Gasteiger partial charge in [0.25, 0.3) is 0 Å². The highest BCUT2D eigenvalue weighted by Crippen LogP contribution is 2.26. The fourth-order valence-corrected chi connectivity index (χ4v) is 3.45. The number of sulfone groups is 1. The van der Waals surface area contributed by atoms with Crippen LogP contribution < -0.4 is 4.90 Å². The Morgan fingerprint density at radius 1 is 1.53 bits per heavy atom. The molecule has 1 aliphatic rings. The fraction of sp³-hybridized carbons (Fsp3) is 0.750. The van der Waals surface area contributed by atoms with Crippen molar-refractivity contribution in [2.75, 3.05) is 23.7 Å². The summed E-state index contributed by atoms with van der Waals surface area (Å²) in [5.74, 6) is 0.970. The van der Waals surface area contributed by atoms with E-state index < -0.39 is 9.84 Å². The summed E-state index contributed by atoms with van der Waals surface area (Å²) >= 11 is 1.32. The van der Waals surface area contributed by atoms with Gasteiger partial charge in [0, 0.05) is 30.4 Å². The molecular weight excluding hydrogens is 234 g/mol. The molecule has 2 heterocycles. The minimum absolute atomic E-state index is 0.216. The number of nitrogens with zero attached hydrogens (tertiary/aromatic N) is 3. The highest BCUT2D eigenvalue weighted by Gasteiger charge is 2.37. The summed E-state index contributed by atoms with van der Waals surface area (Å²) in [6.07, 6.45) is 0. The average Bonchev–Trinajstić information content (AvgIpc) is 2.49. The molecule has 0 bridgehead atoms. The summed E-state index contributed by atoms with van der Waals surface area (Å²) in [5.41, 5.74) is 0. The Kier molecular flexibility index (Phi) is 2.68. The van der Waals surface area contributed by atoms with Crippen molar-refractivity contribution in [2.24, 2.45) is 0 Å². The van der Waals surface area contributed by atoms with Gasteiger partial charge in [0.05, 0.1) is 5.25 Å². The van der Waals surface area contributed by atoms with Gasteiger partial charge in [0.2, 0.25) is 5.13 Å². The number of aromatic nitrogens is 2. The molecule has 15 heavy (non-hydrogen) atoms. The van der Waals surface area contributed by atoms with Crippen molar-refractivity contribution in [3.05, 3.63) is 5.82 Å². The van der Waals surface area contributed by atoms with Gasteiger partial charge in [-0.1, -0.05) is 6.92 Å². The smallest absolute Gasteiger partial charge is 0.205 e. The standard InChI is InChI=1S/C8H13N3O2S2/c1-3-15(12,13)7-4-11(5-7)8-9-6(2)10-14-8/h7H,3-5H2,1-2H3. The predicted molar refractivity (Wildman–Crippen MR) is 60.1 cm³/mol. The summed E-state index contributed by atoms with van der Waals surface area (Å²) in [6.45, 7) is 4.64. The van der Waals surface area contributed by atoms with E-state index in [-0.39, 0.29) is 11.0 Å². The van der Waals surface area contributed by atoms with Gasteiger partial charge >= 0.3 is 0 Å². The second-order valence-corrected chi connectivity index (χ2v) is 6.90. The van der Waals surface area contributed by atoms with Crippen molar-refractivity contribution in [3.8, 4) is 0 Å². The molecule has 84 valence electrons. The number of rotatable bonds is 3. The minimum atomic E-state index is -2.88. The maximum Gasteiger partial charge on any atom is 0.205 e. The molecular formula is C8H13N3O2S2. The van der Waals surface area contributed by atoms with Gasteiger partial charge in [-0.15, -0.1) is 0 Å². The van der Waals surface area contributed by atoms with Gasteiger partial charge in [-0.05, 0) is 6.92 Å². The summed E-state index contributed by atoms with van der Waals surface area (Å²) in [5, 5.41) is 0.613. The third-order valence-electron chi connectivity index (χ3n) is 2.55. The first-order chi connectivity index (χ1) is 7.03. The minimum Gasteiger partial charge on any atom is -0.344 e. The second-order valence-electron chi connectivity index (χ2n) is 3.60. The van der Waals surface area contributed by atoms with Crippen LogP contribution in [-0.4, -0.2) is 41.9 Å². The highest BCUT2D eigenvalue weighted by atomic mass is 32.2. The lowest BCUT2D eigenvalue weighted by Gasteiger charge is -2.37. The van der Waals surface area contributed by atoms with Gasteiger partial charge in [-0.3, -0.25) is 0 Å². The van der Waals surface area contributed by atoms with Crippen molar-refractivity contribution in [1.29, 1.82) is 0 Å². The SMILES string of the molecule is CCS(=O)(=O)C1CN(c2nc(C)ns2)C1. The zero-order valence-corrected chi connectivity index (χ0v) is 10.3. The zero-order valence-electron chi connectivity index (χ0n) is 8.67. The van der Waals surface area contributed by atoms with Crippen LogP contribution in [0.2, 0.25) is 0 Å². The lowest BCUT2D eigenvalue weighted by Crippen LogP contribution is -2.55. The van der Waals surface area contributed by atoms with E-state index in [1.54, 1.807) is 6.92 Å². The summed E-state index contributed by atoms with van der Waals surface area (Å²) in [4.78, 5) is 6.17. The van der Waals surface area contributed by atoms with Crippen LogP contribution in [0.4, 0.5) is 5.13 Å². The average molecular weight is 247 g/mol. The third-order valence-corrected chi connectivity index (χ3v) is 5.53. The van der Waals surface area contributed by atoms with E-state index in [2.05, 4.69) is 9.36 Å². The van der Waals surface area contributed by atoms with Gasteiger partial charge < -0.3 is 4.90 Å². The van der Waals surface area contributed by atoms with Crippen LogP contribution in [0.3, 0.4) is 0 Å². The van der Waals surface area contributed by atoms with E-state index in [1.807, 2.05) is 11.8 Å². The van der Waals surface area contributed by atoms with Crippen molar-refractivity contribution in [3.63, 3.8) is 0 Å². The molecule has 0 spiro atoms. The molecule has 0 aromatic carbocycles. The number of anilines is 1. The molecule has 1 aromatic heterocycles. The van der Waals surface area contributed by atoms with Crippen LogP contribution in [0.25, 0.3) is 0 Å². The quantitative estimate of drug-likeness (QED) is 0.777. The normalized spacial score (nSPS) is 17.9. The molecule has 1 aliphatic heterocycles. The van der Waals surface area contributed by atoms with Gasteiger partial charge in [0.15, 0.2) is 9.84 Å². The second kappa shape index (κ2) is 3.71. The molecule has 0 saturated carbocycles. The number of hydrogen-bond acceptors (Lipinski definition) is 6. The molecule has 7 heteroatoms. The van der Waals surface area contributed by atoms with E-state index in [0.29, 0.717) is 13.1 Å². The van der Waals surface area contributed by atoms with Crippen LogP contribution in [0.1, 0.15) is 12.7 Å². The van der Waals surface area contributed by atoms with E-state index >= 15 is 0 Å². The Hall–Kier alpha value is -0.690. The lowest BCUT2D eigenvalue weighted by molar-refractivity contribution is 0.542. The fourth-order valence-electron chi connectivity index (χ4n) is 1.47. The van der Waals surface area contributed by atoms with Crippen LogP contribution in [0.5, 0.6) is 0 Å². The molecule has 1 saturated heterocycles. The molecule has 0 unspecified atom stereocenters. The Bertz CT molecular complexity index is 448. The van der Waals surface area contributed by atoms with E-state index in [4.69, 9.17) is 0 Å². The molecule has 0 atom stereocenters. The summed E-state index contributed by atoms with van der Waals surface area (Å²) in [6, 6.07) is 0. The first-order valence-corrected chi connectivity index (χ1v) is 7.28. The summed E-state index contributed by atoms with van der Waals surface area (Å²) in [7, 11) is -2.88. The first kappa shape index (κ1) is 10.8. The largest absolute Gasteiger partial charge is 0.344 e. The van der Waals surface area contributed by atoms with Crippen LogP contribution in [-0.2, 0) is 9.84 Å². The van der Waals surface area contributed by atoms with Gasteiger partial charge in [-0.25, -0.2) is 13.4 Å². The zero-order chi connectivity index (χ0) is 11.1. The molecule has 1 aromatic rings. The molecule has 5 nitrogen and oxygen atoms in total. The van der Waals surface area contributed by atoms with Gasteiger partial charge in [-0.2, -0.15) is 4.37 Å². The van der Waals surface area contributed by atoms with Crippen LogP contribution in [0, 0.1) is 6.92 Å². The van der Waals surface area contributed by atoms with Crippen molar-refractivity contribution >= 4 is 26.5 Å². The molecule has 0 radical (unpaired) electrons. The molecule has 0 aliphatic carbocycles.